The summed E-state index contributed by atoms with van der Waals surface area (Å²) >= 11 is 0. The highest BCUT2D eigenvalue weighted by atomic mass is 16.5. The van der Waals surface area contributed by atoms with Crippen LogP contribution in [-0.2, 0) is 19.3 Å². The van der Waals surface area contributed by atoms with Gasteiger partial charge >= 0.3 is 18.0 Å². The maximum atomic E-state index is 6.34. The van der Waals surface area contributed by atoms with E-state index in [1.165, 1.54) is 16.7 Å². The number of nitrogens with zero attached hydrogens (tertiary/aromatic N) is 3. The van der Waals surface area contributed by atoms with Gasteiger partial charge in [0.15, 0.2) is 0 Å². The zero-order chi connectivity index (χ0) is 33.0. The Balaban J connectivity index is 1.76. The minimum Gasteiger partial charge on any atom is -0.423 e. The van der Waals surface area contributed by atoms with E-state index in [9.17, 15) is 0 Å². The van der Waals surface area contributed by atoms with Crippen LogP contribution in [0.15, 0.2) is 72.9 Å². The molecule has 0 amide bonds. The molecule has 0 fully saturated rings. The molecule has 0 aliphatic carbocycles. The van der Waals surface area contributed by atoms with Crippen molar-refractivity contribution in [1.29, 1.82) is 0 Å². The lowest BCUT2D eigenvalue weighted by Gasteiger charge is -2.16. The van der Waals surface area contributed by atoms with Crippen molar-refractivity contribution in [1.82, 2.24) is 15.0 Å². The van der Waals surface area contributed by atoms with E-state index in [1.807, 2.05) is 62.3 Å². The molecule has 0 bridgehead atoms. The molecule has 234 valence electrons. The maximum Gasteiger partial charge on any atom is 0.331 e. The molecule has 0 saturated heterocycles. The Morgan fingerprint density at radius 2 is 0.644 bits per heavy atom. The number of rotatable bonds is 12. The molecular formula is C39H45N3O3. The summed E-state index contributed by atoms with van der Waals surface area (Å²) in [6.45, 7) is 30.3. The predicted octanol–water partition coefficient (Wildman–Crippen LogP) is 10.5. The van der Waals surface area contributed by atoms with Gasteiger partial charge in [-0.25, -0.2) is 0 Å². The third kappa shape index (κ3) is 8.69. The van der Waals surface area contributed by atoms with Gasteiger partial charge in [-0.15, -0.1) is 15.0 Å². The van der Waals surface area contributed by atoms with Gasteiger partial charge in [0, 0.05) is 0 Å². The van der Waals surface area contributed by atoms with Crippen LogP contribution in [0.1, 0.15) is 70.8 Å². The van der Waals surface area contributed by atoms with Crippen molar-refractivity contribution in [2.75, 3.05) is 0 Å². The lowest BCUT2D eigenvalue weighted by atomic mass is 10.0. The predicted molar refractivity (Wildman–Crippen MR) is 183 cm³/mol. The molecule has 1 aromatic heterocycles. The van der Waals surface area contributed by atoms with Gasteiger partial charge in [-0.3, -0.25) is 0 Å². The fourth-order valence-electron chi connectivity index (χ4n) is 5.69. The minimum atomic E-state index is 0.0808. The standard InChI is InChI=1S/C39H45N3O3/c1-22(2)13-31-16-25(7)34(26(8)17-31)43-37-40-38(44-35-27(9)18-32(14-23(3)4)19-28(35)10)42-39(41-37)45-36-29(11)20-33(15-24(5)6)21-30(36)12/h16-21H,1,3,5,13-15H2,2,4,6-12H3. The lowest BCUT2D eigenvalue weighted by Crippen LogP contribution is -2.05. The van der Waals surface area contributed by atoms with E-state index in [2.05, 4.69) is 71.1 Å². The summed E-state index contributed by atoms with van der Waals surface area (Å²) in [5, 5.41) is 0. The molecule has 45 heavy (non-hydrogen) atoms. The van der Waals surface area contributed by atoms with Crippen LogP contribution in [0.2, 0.25) is 0 Å². The summed E-state index contributed by atoms with van der Waals surface area (Å²) < 4.78 is 19.0. The second-order valence-corrected chi connectivity index (χ2v) is 12.6. The van der Waals surface area contributed by atoms with Crippen LogP contribution in [0.3, 0.4) is 0 Å². The van der Waals surface area contributed by atoms with Crippen molar-refractivity contribution in [3.8, 4) is 35.3 Å². The first-order chi connectivity index (χ1) is 21.2. The highest BCUT2D eigenvalue weighted by Crippen LogP contribution is 2.35. The number of benzene rings is 3. The van der Waals surface area contributed by atoms with Crippen molar-refractivity contribution in [3.63, 3.8) is 0 Å². The van der Waals surface area contributed by atoms with Gasteiger partial charge in [-0.1, -0.05) is 72.9 Å². The first-order valence-corrected chi connectivity index (χ1v) is 15.2. The molecule has 0 aliphatic heterocycles. The van der Waals surface area contributed by atoms with Crippen molar-refractivity contribution in [3.05, 3.63) is 123 Å². The van der Waals surface area contributed by atoms with Crippen LogP contribution in [0, 0.1) is 41.5 Å². The van der Waals surface area contributed by atoms with Gasteiger partial charge in [-0.2, -0.15) is 0 Å². The van der Waals surface area contributed by atoms with Gasteiger partial charge in [0.05, 0.1) is 0 Å². The van der Waals surface area contributed by atoms with Crippen molar-refractivity contribution in [2.24, 2.45) is 0 Å². The van der Waals surface area contributed by atoms with E-state index in [-0.39, 0.29) is 18.0 Å². The number of hydrogen-bond acceptors (Lipinski definition) is 6. The van der Waals surface area contributed by atoms with E-state index in [0.717, 1.165) is 69.4 Å². The maximum absolute atomic E-state index is 6.34. The molecule has 6 nitrogen and oxygen atoms in total. The van der Waals surface area contributed by atoms with Crippen molar-refractivity contribution < 1.29 is 14.2 Å². The Morgan fingerprint density at radius 3 is 0.822 bits per heavy atom. The lowest BCUT2D eigenvalue weighted by molar-refractivity contribution is 0.357. The van der Waals surface area contributed by atoms with Crippen LogP contribution < -0.4 is 14.2 Å². The summed E-state index contributed by atoms with van der Waals surface area (Å²) in [5.41, 5.74) is 12.6. The number of allylic oxidation sites excluding steroid dienone is 3. The summed E-state index contributed by atoms with van der Waals surface area (Å²) in [6, 6.07) is 12.9. The van der Waals surface area contributed by atoms with Gasteiger partial charge in [0.1, 0.15) is 17.2 Å². The zero-order valence-electron chi connectivity index (χ0n) is 28.3. The smallest absolute Gasteiger partial charge is 0.331 e. The number of hydrogen-bond donors (Lipinski definition) is 0. The largest absolute Gasteiger partial charge is 0.423 e. The van der Waals surface area contributed by atoms with Crippen LogP contribution in [0.4, 0.5) is 0 Å². The molecule has 0 N–H and O–H groups in total. The van der Waals surface area contributed by atoms with E-state index in [4.69, 9.17) is 14.2 Å². The molecule has 0 aliphatic rings. The van der Waals surface area contributed by atoms with E-state index in [1.54, 1.807) is 0 Å². The SMILES string of the molecule is C=C(C)Cc1cc(C)c(Oc2nc(Oc3c(C)cc(CC(=C)C)cc3C)nc(Oc3c(C)cc(CC(=C)C)cc3C)n2)c(C)c1. The number of aryl methyl sites for hydroxylation is 6. The van der Waals surface area contributed by atoms with Crippen LogP contribution in [-0.4, -0.2) is 15.0 Å². The first kappa shape index (κ1) is 33.2. The fraction of sp³-hybridized carbons (Fsp3) is 0.308. The highest BCUT2D eigenvalue weighted by molar-refractivity contribution is 5.48. The second-order valence-electron chi connectivity index (χ2n) is 12.6. The quantitative estimate of drug-likeness (QED) is 0.150. The highest BCUT2D eigenvalue weighted by Gasteiger charge is 2.19. The summed E-state index contributed by atoms with van der Waals surface area (Å²) in [7, 11) is 0. The molecule has 0 radical (unpaired) electrons. The average molecular weight is 604 g/mol. The van der Waals surface area contributed by atoms with E-state index in [0.29, 0.717) is 17.2 Å². The first-order valence-electron chi connectivity index (χ1n) is 15.2. The van der Waals surface area contributed by atoms with Crippen molar-refractivity contribution >= 4 is 0 Å². The third-order valence-corrected chi connectivity index (χ3v) is 7.23. The molecule has 4 aromatic rings. The number of aromatic nitrogens is 3. The van der Waals surface area contributed by atoms with E-state index >= 15 is 0 Å². The Hall–Kier alpha value is -4.71. The molecular weight excluding hydrogens is 558 g/mol. The topological polar surface area (TPSA) is 66.4 Å². The molecule has 0 spiro atoms. The monoisotopic (exact) mass is 603 g/mol. The van der Waals surface area contributed by atoms with Gasteiger partial charge < -0.3 is 14.2 Å². The van der Waals surface area contributed by atoms with Crippen molar-refractivity contribution in [2.45, 2.75) is 81.6 Å². The molecule has 0 atom stereocenters. The zero-order valence-corrected chi connectivity index (χ0v) is 28.3. The molecule has 6 heteroatoms. The second kappa shape index (κ2) is 13.9. The Labute approximate surface area is 268 Å². The van der Waals surface area contributed by atoms with Gasteiger partial charge in [0.2, 0.25) is 0 Å². The molecule has 0 unspecified atom stereocenters. The minimum absolute atomic E-state index is 0.0808. The Morgan fingerprint density at radius 1 is 0.444 bits per heavy atom. The average Bonchev–Trinajstić information content (AvgIpc) is 2.89. The van der Waals surface area contributed by atoms with Crippen LogP contribution >= 0.6 is 0 Å². The van der Waals surface area contributed by atoms with E-state index < -0.39 is 0 Å². The Bertz CT molecular complexity index is 1510. The molecule has 1 heterocycles. The molecule has 0 saturated carbocycles. The van der Waals surface area contributed by atoms with Crippen LogP contribution in [0.25, 0.3) is 0 Å². The number of ether oxygens (including phenoxy) is 3. The molecule has 3 aromatic carbocycles. The summed E-state index contributed by atoms with van der Waals surface area (Å²) in [6.07, 6.45) is 2.41. The normalized spacial score (nSPS) is 10.9. The van der Waals surface area contributed by atoms with Gasteiger partial charge in [0.25, 0.3) is 0 Å². The van der Waals surface area contributed by atoms with Crippen LogP contribution in [0.5, 0.6) is 35.3 Å². The fourth-order valence-corrected chi connectivity index (χ4v) is 5.69. The summed E-state index contributed by atoms with van der Waals surface area (Å²) in [4.78, 5) is 13.7. The summed E-state index contributed by atoms with van der Waals surface area (Å²) in [5.74, 6) is 2.03. The molecule has 4 rings (SSSR count). The van der Waals surface area contributed by atoms with Gasteiger partial charge in [-0.05, 0) is 132 Å². The third-order valence-electron chi connectivity index (χ3n) is 7.23. The Kier molecular flexibility index (Phi) is 10.3.